The highest BCUT2D eigenvalue weighted by atomic mass is 16.4. The molecule has 1 aliphatic rings. The quantitative estimate of drug-likeness (QED) is 0.0578. The topological polar surface area (TPSA) is 251 Å². The van der Waals surface area contributed by atoms with Crippen LogP contribution in [0.1, 0.15) is 77.6 Å². The first kappa shape index (κ1) is 41.6. The van der Waals surface area contributed by atoms with Crippen LogP contribution >= 0.6 is 0 Å². The number of unbranched alkanes of at least 4 members (excludes halogenated alkanes) is 5. The minimum absolute atomic E-state index is 0.0703. The molecule has 258 valence electrons. The van der Waals surface area contributed by atoms with E-state index in [9.17, 15) is 39.0 Å². The van der Waals surface area contributed by atoms with Crippen LogP contribution in [0.4, 0.5) is 0 Å². The number of hydrogen-bond acceptors (Lipinski definition) is 10. The van der Waals surface area contributed by atoms with Crippen molar-refractivity contribution < 1.29 is 64.5 Å². The molecule has 0 aromatic heterocycles. The van der Waals surface area contributed by atoms with E-state index in [2.05, 4.69) is 6.92 Å². The van der Waals surface area contributed by atoms with E-state index in [1.54, 1.807) is 6.08 Å². The van der Waals surface area contributed by atoms with Gasteiger partial charge >= 0.3 is 29.8 Å². The van der Waals surface area contributed by atoms with Gasteiger partial charge in [-0.25, -0.2) is 0 Å². The molecule has 7 N–H and O–H groups in total. The number of carboxylic acids is 5. The van der Waals surface area contributed by atoms with Crippen molar-refractivity contribution in [3.8, 4) is 0 Å². The normalized spacial score (nSPS) is 18.6. The number of carboxylic acid groups (broad SMARTS) is 5. The molecule has 15 nitrogen and oxygen atoms in total. The second kappa shape index (κ2) is 23.9. The Morgan fingerprint density at radius 1 is 0.756 bits per heavy atom. The monoisotopic (exact) mass is 646 g/mol. The van der Waals surface area contributed by atoms with Crippen LogP contribution < -0.4 is 0 Å². The minimum Gasteiger partial charge on any atom is -0.481 e. The van der Waals surface area contributed by atoms with Crippen LogP contribution in [0, 0.1) is 11.8 Å². The fourth-order valence-electron chi connectivity index (χ4n) is 5.02. The summed E-state index contributed by atoms with van der Waals surface area (Å²) in [5, 5.41) is 63.2. The molecule has 1 saturated carbocycles. The molecular weight excluding hydrogens is 596 g/mol. The van der Waals surface area contributed by atoms with Crippen LogP contribution in [0.15, 0.2) is 12.2 Å². The van der Waals surface area contributed by atoms with Crippen molar-refractivity contribution in [1.82, 2.24) is 9.80 Å². The molecule has 0 radical (unpaired) electrons. The van der Waals surface area contributed by atoms with Gasteiger partial charge in [-0.15, -0.1) is 0 Å². The summed E-state index contributed by atoms with van der Waals surface area (Å²) in [7, 11) is 0. The maximum atomic E-state index is 12.1. The van der Waals surface area contributed by atoms with Gasteiger partial charge in [0.15, 0.2) is 0 Å². The molecule has 0 aromatic rings. The van der Waals surface area contributed by atoms with E-state index in [-0.39, 0.29) is 43.6 Å². The van der Waals surface area contributed by atoms with E-state index in [1.807, 2.05) is 6.08 Å². The first-order valence-electron chi connectivity index (χ1n) is 15.3. The Kier molecular flexibility index (Phi) is 22.1. The van der Waals surface area contributed by atoms with Gasteiger partial charge in [0.25, 0.3) is 0 Å². The molecule has 1 rings (SSSR count). The number of aliphatic carboxylic acids is 5. The molecule has 0 unspecified atom stereocenters. The molecule has 0 saturated heterocycles. The van der Waals surface area contributed by atoms with Crippen LogP contribution in [-0.2, 0) is 28.8 Å². The van der Waals surface area contributed by atoms with Crippen molar-refractivity contribution in [1.29, 1.82) is 0 Å². The number of carbonyl (C=O) groups is 6. The summed E-state index contributed by atoms with van der Waals surface area (Å²) in [5.41, 5.74) is 0. The zero-order valence-corrected chi connectivity index (χ0v) is 26.0. The molecule has 0 amide bonds. The summed E-state index contributed by atoms with van der Waals surface area (Å²) in [5.74, 6) is -5.95. The summed E-state index contributed by atoms with van der Waals surface area (Å²) in [4.78, 5) is 67.0. The standard InChI is InChI=1S/C20H34O5.C10H16N2O8/c1-2-3-6-9-15(21)12-13-17-16(18(22)14-19(17)23)10-7-4-5-8-11-20(24)25;13-7(14)3-11(4-8(15)16)1-2-12(5-9(17)18)6-10(19)20/h12-13,15-17,19,21,23H,2-11,14H2,1H3,(H,24,25);1-6H2,(H,13,14)(H,15,16)(H,17,18)(H,19,20)/b13-12+;/t15-,16+,17+,19+;/m0./s1. The Labute approximate surface area is 263 Å². The van der Waals surface area contributed by atoms with Gasteiger partial charge in [-0.3, -0.25) is 38.6 Å². The summed E-state index contributed by atoms with van der Waals surface area (Å²) in [6.07, 6.45) is 10.7. The number of Topliss-reactive ketones (excluding diaryl/α,β-unsaturated/α-hetero) is 1. The van der Waals surface area contributed by atoms with Crippen molar-refractivity contribution in [2.45, 2.75) is 89.8 Å². The Morgan fingerprint density at radius 2 is 1.24 bits per heavy atom. The third-order valence-corrected chi connectivity index (χ3v) is 7.22. The number of hydrogen-bond donors (Lipinski definition) is 7. The van der Waals surface area contributed by atoms with Crippen molar-refractivity contribution >= 4 is 35.6 Å². The van der Waals surface area contributed by atoms with Gasteiger partial charge in [0.05, 0.1) is 38.4 Å². The first-order valence-corrected chi connectivity index (χ1v) is 15.3. The Bertz CT molecular complexity index is 904. The van der Waals surface area contributed by atoms with Crippen LogP contribution in [0.25, 0.3) is 0 Å². The van der Waals surface area contributed by atoms with E-state index in [1.165, 1.54) is 0 Å². The smallest absolute Gasteiger partial charge is 0.317 e. The van der Waals surface area contributed by atoms with Crippen LogP contribution in [0.3, 0.4) is 0 Å². The Morgan fingerprint density at radius 3 is 1.69 bits per heavy atom. The highest BCUT2D eigenvalue weighted by Crippen LogP contribution is 2.34. The number of nitrogens with zero attached hydrogens (tertiary/aromatic N) is 2. The van der Waals surface area contributed by atoms with Crippen LogP contribution in [0.5, 0.6) is 0 Å². The Hall–Kier alpha value is -3.40. The number of aliphatic hydroxyl groups excluding tert-OH is 2. The fourth-order valence-corrected chi connectivity index (χ4v) is 5.02. The lowest BCUT2D eigenvalue weighted by Gasteiger charge is -2.23. The Balaban J connectivity index is 0.000000884. The molecule has 15 heteroatoms. The van der Waals surface area contributed by atoms with Crippen molar-refractivity contribution in [3.63, 3.8) is 0 Å². The molecule has 0 aliphatic heterocycles. The van der Waals surface area contributed by atoms with Crippen molar-refractivity contribution in [2.75, 3.05) is 39.3 Å². The molecular formula is C30H50N2O13. The van der Waals surface area contributed by atoms with Gasteiger partial charge in [-0.05, 0) is 19.3 Å². The van der Waals surface area contributed by atoms with Crippen molar-refractivity contribution in [2.24, 2.45) is 11.8 Å². The van der Waals surface area contributed by atoms with Gasteiger partial charge in [0.2, 0.25) is 0 Å². The third kappa shape index (κ3) is 21.9. The van der Waals surface area contributed by atoms with Crippen molar-refractivity contribution in [3.05, 3.63) is 12.2 Å². The average Bonchev–Trinajstić information content (AvgIpc) is 3.18. The third-order valence-electron chi connectivity index (χ3n) is 7.22. The molecule has 45 heavy (non-hydrogen) atoms. The summed E-state index contributed by atoms with van der Waals surface area (Å²) in [6.45, 7) is -0.131. The molecule has 0 aromatic carbocycles. The number of ketones is 1. The lowest BCUT2D eigenvalue weighted by molar-refractivity contribution is -0.145. The maximum Gasteiger partial charge on any atom is 0.317 e. The SMILES string of the molecule is CCCCC[C@H](O)/C=C/[C@H]1[C@H](O)CC(=O)[C@@H]1CCCCCCC(=O)O.O=C(O)CN(CCN(CC(=O)O)CC(=O)O)CC(=O)O. The summed E-state index contributed by atoms with van der Waals surface area (Å²) >= 11 is 0. The van der Waals surface area contributed by atoms with E-state index in [4.69, 9.17) is 25.5 Å². The zero-order valence-electron chi connectivity index (χ0n) is 26.0. The summed E-state index contributed by atoms with van der Waals surface area (Å²) < 4.78 is 0. The number of rotatable bonds is 24. The lowest BCUT2D eigenvalue weighted by atomic mass is 9.88. The second-order valence-corrected chi connectivity index (χ2v) is 11.2. The van der Waals surface area contributed by atoms with Gasteiger partial charge in [-0.1, -0.05) is 57.6 Å². The van der Waals surface area contributed by atoms with E-state index < -0.39 is 68.2 Å². The summed E-state index contributed by atoms with van der Waals surface area (Å²) in [6, 6.07) is 0. The maximum absolute atomic E-state index is 12.1. The average molecular weight is 647 g/mol. The minimum atomic E-state index is -1.23. The largest absolute Gasteiger partial charge is 0.481 e. The van der Waals surface area contributed by atoms with Gasteiger partial charge < -0.3 is 35.7 Å². The van der Waals surface area contributed by atoms with E-state index in [0.29, 0.717) is 6.42 Å². The molecule has 0 heterocycles. The molecule has 4 atom stereocenters. The molecule has 0 bridgehead atoms. The van der Waals surface area contributed by atoms with E-state index in [0.717, 1.165) is 61.2 Å². The van der Waals surface area contributed by atoms with Gasteiger partial charge in [0.1, 0.15) is 5.78 Å². The van der Waals surface area contributed by atoms with Gasteiger partial charge in [-0.2, -0.15) is 0 Å². The van der Waals surface area contributed by atoms with Crippen LogP contribution in [0.2, 0.25) is 0 Å². The van der Waals surface area contributed by atoms with E-state index >= 15 is 0 Å². The number of aliphatic hydroxyl groups is 2. The molecule has 0 spiro atoms. The lowest BCUT2D eigenvalue weighted by Crippen LogP contribution is -2.43. The molecule has 1 aliphatic carbocycles. The van der Waals surface area contributed by atoms with Crippen LogP contribution in [-0.4, -0.2) is 133 Å². The highest BCUT2D eigenvalue weighted by Gasteiger charge is 2.39. The fraction of sp³-hybridized carbons (Fsp3) is 0.733. The van der Waals surface area contributed by atoms with Gasteiger partial charge in [0, 0.05) is 37.8 Å². The first-order chi connectivity index (χ1) is 21.2. The second-order valence-electron chi connectivity index (χ2n) is 11.2. The molecule has 1 fully saturated rings. The number of carbonyl (C=O) groups excluding carboxylic acids is 1. The predicted octanol–water partition coefficient (Wildman–Crippen LogP) is 1.40. The highest BCUT2D eigenvalue weighted by molar-refractivity contribution is 5.84. The zero-order chi connectivity index (χ0) is 34.4. The predicted molar refractivity (Wildman–Crippen MR) is 161 cm³/mol.